The van der Waals surface area contributed by atoms with Crippen molar-refractivity contribution in [3.05, 3.63) is 64.7 Å². The van der Waals surface area contributed by atoms with Crippen molar-refractivity contribution in [1.29, 1.82) is 0 Å². The smallest absolute Gasteiger partial charge is 0.255 e. The van der Waals surface area contributed by atoms with Gasteiger partial charge in [-0.2, -0.15) is 0 Å². The van der Waals surface area contributed by atoms with Crippen LogP contribution in [-0.2, 0) is 0 Å². The standard InChI is InChI=1S/C18H19ClN2O.ClH/c1-2-18(20)11-16(18)12-6-8-15(9-7-12)21-17(22)13-4-3-5-14(19)10-13;/h3-10,16H,2,11,20H2,1H3,(H,21,22);1H. The second kappa shape index (κ2) is 6.91. The number of nitrogens with one attached hydrogen (secondary N) is 1. The predicted molar refractivity (Wildman–Crippen MR) is 97.7 cm³/mol. The van der Waals surface area contributed by atoms with Crippen molar-refractivity contribution in [3.63, 3.8) is 0 Å². The summed E-state index contributed by atoms with van der Waals surface area (Å²) in [6.45, 7) is 2.12. The lowest BCUT2D eigenvalue weighted by Gasteiger charge is -2.09. The Labute approximate surface area is 147 Å². The van der Waals surface area contributed by atoms with Gasteiger partial charge in [0.2, 0.25) is 0 Å². The Morgan fingerprint density at radius 3 is 2.57 bits per heavy atom. The molecule has 0 bridgehead atoms. The Hall–Kier alpha value is -1.55. The molecule has 5 heteroatoms. The van der Waals surface area contributed by atoms with Gasteiger partial charge in [-0.3, -0.25) is 4.79 Å². The van der Waals surface area contributed by atoms with Crippen LogP contribution in [0.2, 0.25) is 5.02 Å². The number of hydrogen-bond acceptors (Lipinski definition) is 2. The quantitative estimate of drug-likeness (QED) is 0.845. The summed E-state index contributed by atoms with van der Waals surface area (Å²) < 4.78 is 0. The highest BCUT2D eigenvalue weighted by Crippen LogP contribution is 2.51. The van der Waals surface area contributed by atoms with Gasteiger partial charge in [-0.05, 0) is 48.7 Å². The summed E-state index contributed by atoms with van der Waals surface area (Å²) in [5.74, 6) is 0.276. The van der Waals surface area contributed by atoms with Gasteiger partial charge in [0.15, 0.2) is 0 Å². The molecule has 0 heterocycles. The molecule has 2 aromatic rings. The van der Waals surface area contributed by atoms with Gasteiger partial charge in [-0.1, -0.05) is 36.7 Å². The van der Waals surface area contributed by atoms with Crippen molar-refractivity contribution < 1.29 is 4.79 Å². The maximum atomic E-state index is 12.2. The van der Waals surface area contributed by atoms with E-state index in [1.54, 1.807) is 24.3 Å². The van der Waals surface area contributed by atoms with Gasteiger partial charge in [-0.25, -0.2) is 0 Å². The normalized spacial score (nSPS) is 22.1. The van der Waals surface area contributed by atoms with Crippen molar-refractivity contribution >= 4 is 35.6 Å². The molecule has 3 nitrogen and oxygen atoms in total. The summed E-state index contributed by atoms with van der Waals surface area (Å²) in [5, 5.41) is 3.43. The largest absolute Gasteiger partial charge is 0.325 e. The number of hydrogen-bond donors (Lipinski definition) is 2. The molecule has 2 unspecified atom stereocenters. The van der Waals surface area contributed by atoms with E-state index in [9.17, 15) is 4.79 Å². The van der Waals surface area contributed by atoms with E-state index in [4.69, 9.17) is 17.3 Å². The van der Waals surface area contributed by atoms with E-state index in [1.165, 1.54) is 5.56 Å². The van der Waals surface area contributed by atoms with Crippen molar-refractivity contribution in [2.75, 3.05) is 5.32 Å². The molecule has 0 aromatic heterocycles. The number of rotatable bonds is 4. The summed E-state index contributed by atoms with van der Waals surface area (Å²) in [5.41, 5.74) is 8.77. The molecule has 0 saturated heterocycles. The number of carbonyl (C=O) groups is 1. The molecular weight excluding hydrogens is 331 g/mol. The molecule has 2 atom stereocenters. The van der Waals surface area contributed by atoms with Gasteiger partial charge in [0.1, 0.15) is 0 Å². The minimum Gasteiger partial charge on any atom is -0.325 e. The average molecular weight is 351 g/mol. The minimum absolute atomic E-state index is 0. The zero-order valence-corrected chi connectivity index (χ0v) is 14.5. The first-order chi connectivity index (χ1) is 10.5. The first-order valence-corrected chi connectivity index (χ1v) is 7.85. The van der Waals surface area contributed by atoms with Crippen LogP contribution in [0.25, 0.3) is 0 Å². The van der Waals surface area contributed by atoms with Crippen molar-refractivity contribution in [2.45, 2.75) is 31.2 Å². The predicted octanol–water partition coefficient (Wildman–Crippen LogP) is 4.61. The molecule has 0 aliphatic heterocycles. The highest BCUT2D eigenvalue weighted by Gasteiger charge is 2.49. The van der Waals surface area contributed by atoms with Gasteiger partial charge < -0.3 is 11.1 Å². The Kier molecular flexibility index (Phi) is 5.35. The molecule has 1 aliphatic rings. The van der Waals surface area contributed by atoms with Gasteiger partial charge in [0.05, 0.1) is 0 Å². The van der Waals surface area contributed by atoms with Crippen molar-refractivity contribution in [1.82, 2.24) is 0 Å². The molecule has 1 fully saturated rings. The molecular formula is C18H20Cl2N2O. The fraction of sp³-hybridized carbons (Fsp3) is 0.278. The van der Waals surface area contributed by atoms with E-state index in [0.29, 0.717) is 16.5 Å². The van der Waals surface area contributed by atoms with Crippen LogP contribution in [0.1, 0.15) is 41.6 Å². The van der Waals surface area contributed by atoms with E-state index in [-0.39, 0.29) is 23.9 Å². The molecule has 122 valence electrons. The van der Waals surface area contributed by atoms with Crippen LogP contribution in [0.15, 0.2) is 48.5 Å². The van der Waals surface area contributed by atoms with E-state index in [0.717, 1.165) is 18.5 Å². The number of halogens is 2. The Bertz CT molecular complexity index is 702. The molecule has 0 radical (unpaired) electrons. The van der Waals surface area contributed by atoms with Crippen LogP contribution in [0, 0.1) is 0 Å². The number of anilines is 1. The SMILES string of the molecule is CCC1(N)CC1c1ccc(NC(=O)c2cccc(Cl)c2)cc1.Cl. The summed E-state index contributed by atoms with van der Waals surface area (Å²) >= 11 is 5.90. The van der Waals surface area contributed by atoms with Crippen molar-refractivity contribution in [2.24, 2.45) is 5.73 Å². The lowest BCUT2D eigenvalue weighted by Crippen LogP contribution is -2.22. The molecule has 23 heavy (non-hydrogen) atoms. The number of carbonyl (C=O) groups excluding carboxylic acids is 1. The third-order valence-corrected chi connectivity index (χ3v) is 4.67. The lowest BCUT2D eigenvalue weighted by molar-refractivity contribution is 0.102. The monoisotopic (exact) mass is 350 g/mol. The van der Waals surface area contributed by atoms with Gasteiger partial charge in [0, 0.05) is 27.7 Å². The third-order valence-electron chi connectivity index (χ3n) is 4.43. The molecule has 1 aliphatic carbocycles. The topological polar surface area (TPSA) is 55.1 Å². The lowest BCUT2D eigenvalue weighted by atomic mass is 10.0. The highest BCUT2D eigenvalue weighted by molar-refractivity contribution is 6.31. The van der Waals surface area contributed by atoms with Crippen LogP contribution in [0.5, 0.6) is 0 Å². The maximum Gasteiger partial charge on any atom is 0.255 e. The molecule has 3 rings (SSSR count). The summed E-state index contributed by atoms with van der Waals surface area (Å²) in [6.07, 6.45) is 2.03. The molecule has 3 N–H and O–H groups in total. The Morgan fingerprint density at radius 2 is 2.00 bits per heavy atom. The molecule has 1 amide bonds. The Balaban J connectivity index is 0.00000192. The maximum absolute atomic E-state index is 12.2. The van der Waals surface area contributed by atoms with Crippen LogP contribution in [0.4, 0.5) is 5.69 Å². The summed E-state index contributed by atoms with van der Waals surface area (Å²) in [7, 11) is 0. The van der Waals surface area contributed by atoms with Crippen molar-refractivity contribution in [3.8, 4) is 0 Å². The molecule has 0 spiro atoms. The van der Waals surface area contributed by atoms with Crippen LogP contribution >= 0.6 is 24.0 Å². The highest BCUT2D eigenvalue weighted by atomic mass is 35.5. The first kappa shape index (κ1) is 17.8. The van der Waals surface area contributed by atoms with Crippen LogP contribution in [0.3, 0.4) is 0 Å². The third kappa shape index (κ3) is 3.86. The Morgan fingerprint density at radius 1 is 1.30 bits per heavy atom. The van der Waals surface area contributed by atoms with Gasteiger partial charge >= 0.3 is 0 Å². The zero-order chi connectivity index (χ0) is 15.7. The second-order valence-corrected chi connectivity index (χ2v) is 6.37. The molecule has 2 aromatic carbocycles. The summed E-state index contributed by atoms with van der Waals surface area (Å²) in [4.78, 5) is 12.2. The first-order valence-electron chi connectivity index (χ1n) is 7.47. The molecule has 1 saturated carbocycles. The van der Waals surface area contributed by atoms with Gasteiger partial charge in [0.25, 0.3) is 5.91 Å². The average Bonchev–Trinajstić information content (AvgIpc) is 3.21. The second-order valence-electron chi connectivity index (χ2n) is 5.93. The van der Waals surface area contributed by atoms with E-state index in [2.05, 4.69) is 12.2 Å². The fourth-order valence-electron chi connectivity index (χ4n) is 2.79. The van der Waals surface area contributed by atoms with E-state index < -0.39 is 0 Å². The number of nitrogens with two attached hydrogens (primary N) is 1. The van der Waals surface area contributed by atoms with Crippen LogP contribution < -0.4 is 11.1 Å². The van der Waals surface area contributed by atoms with Gasteiger partial charge in [-0.15, -0.1) is 12.4 Å². The van der Waals surface area contributed by atoms with E-state index in [1.807, 2.05) is 24.3 Å². The fourth-order valence-corrected chi connectivity index (χ4v) is 2.98. The number of amides is 1. The number of benzene rings is 2. The van der Waals surface area contributed by atoms with E-state index >= 15 is 0 Å². The zero-order valence-electron chi connectivity index (χ0n) is 12.9. The summed E-state index contributed by atoms with van der Waals surface area (Å²) in [6, 6.07) is 14.8. The van der Waals surface area contributed by atoms with Crippen LogP contribution in [-0.4, -0.2) is 11.4 Å². The minimum atomic E-state index is -0.164.